The fraction of sp³-hybridized carbons (Fsp3) is 0.688. The molecule has 1 saturated heterocycles. The monoisotopic (exact) mass is 309 g/mol. The van der Waals surface area contributed by atoms with E-state index in [1.54, 1.807) is 0 Å². The third-order valence-corrected chi connectivity index (χ3v) is 5.24. The van der Waals surface area contributed by atoms with Gasteiger partial charge in [-0.1, -0.05) is 19.9 Å². The lowest BCUT2D eigenvalue weighted by atomic mass is 9.91. The molecule has 0 saturated carbocycles. The minimum Gasteiger partial charge on any atom is -0.381 e. The van der Waals surface area contributed by atoms with E-state index in [9.17, 15) is 0 Å². The van der Waals surface area contributed by atoms with Crippen LogP contribution in [0.3, 0.4) is 0 Å². The fourth-order valence-corrected chi connectivity index (χ4v) is 3.49. The van der Waals surface area contributed by atoms with E-state index in [4.69, 9.17) is 4.74 Å². The summed E-state index contributed by atoms with van der Waals surface area (Å²) in [5.74, 6) is 1.59. The van der Waals surface area contributed by atoms with Crippen molar-refractivity contribution >= 4 is 17.3 Å². The molecule has 4 nitrogen and oxygen atoms in total. The molecular weight excluding hydrogens is 282 g/mol. The molecule has 1 aromatic heterocycles. The van der Waals surface area contributed by atoms with Gasteiger partial charge < -0.3 is 15.0 Å². The van der Waals surface area contributed by atoms with Crippen LogP contribution in [0.5, 0.6) is 0 Å². The Morgan fingerprint density at radius 1 is 1.57 bits per heavy atom. The molecule has 1 fully saturated rings. The first-order valence-corrected chi connectivity index (χ1v) is 8.44. The topological polar surface area (TPSA) is 36.9 Å². The van der Waals surface area contributed by atoms with E-state index in [1.165, 1.54) is 4.88 Å². The molecule has 1 aliphatic rings. The van der Waals surface area contributed by atoms with Crippen molar-refractivity contribution in [2.75, 3.05) is 40.4 Å². The number of nitrogens with zero attached hydrogens (tertiary/aromatic N) is 2. The standard InChI is InChI=1S/C16H27N3OS/c1-16(2,14-6-5-9-21-14)12-18-15(17-3)19(4)10-13-7-8-20-11-13/h5-6,9,13H,7-8,10-12H2,1-4H3,(H,17,18). The van der Waals surface area contributed by atoms with Crippen LogP contribution in [0.1, 0.15) is 25.1 Å². The first kappa shape index (κ1) is 16.3. The van der Waals surface area contributed by atoms with Crippen molar-refractivity contribution in [3.05, 3.63) is 22.4 Å². The maximum absolute atomic E-state index is 5.45. The van der Waals surface area contributed by atoms with Crippen LogP contribution in [0.4, 0.5) is 0 Å². The summed E-state index contributed by atoms with van der Waals surface area (Å²) in [5, 5.41) is 5.65. The Morgan fingerprint density at radius 3 is 2.95 bits per heavy atom. The second-order valence-corrected chi connectivity index (χ2v) is 7.32. The Bertz CT molecular complexity index is 450. The Hall–Kier alpha value is -1.07. The molecule has 118 valence electrons. The highest BCUT2D eigenvalue weighted by molar-refractivity contribution is 7.10. The van der Waals surface area contributed by atoms with Gasteiger partial charge in [0.15, 0.2) is 5.96 Å². The quantitative estimate of drug-likeness (QED) is 0.671. The summed E-state index contributed by atoms with van der Waals surface area (Å²) in [5.41, 5.74) is 0.113. The lowest BCUT2D eigenvalue weighted by Crippen LogP contribution is -2.45. The summed E-state index contributed by atoms with van der Waals surface area (Å²) in [6.45, 7) is 8.19. The van der Waals surface area contributed by atoms with Crippen LogP contribution in [-0.4, -0.2) is 51.3 Å². The Labute approximate surface area is 132 Å². The van der Waals surface area contributed by atoms with Crippen molar-refractivity contribution in [2.45, 2.75) is 25.7 Å². The normalized spacial score (nSPS) is 19.8. The molecule has 1 atom stereocenters. The molecule has 0 aromatic carbocycles. The summed E-state index contributed by atoms with van der Waals surface area (Å²) in [4.78, 5) is 8.02. The van der Waals surface area contributed by atoms with Crippen molar-refractivity contribution in [3.63, 3.8) is 0 Å². The highest BCUT2D eigenvalue weighted by Gasteiger charge is 2.24. The smallest absolute Gasteiger partial charge is 0.193 e. The average Bonchev–Trinajstić information content (AvgIpc) is 3.12. The van der Waals surface area contributed by atoms with Crippen LogP contribution in [0, 0.1) is 5.92 Å². The number of nitrogens with one attached hydrogen (secondary N) is 1. The molecule has 0 radical (unpaired) electrons. The molecule has 2 heterocycles. The number of hydrogen-bond donors (Lipinski definition) is 1. The predicted molar refractivity (Wildman–Crippen MR) is 90.3 cm³/mol. The summed E-state index contributed by atoms with van der Waals surface area (Å²) in [7, 11) is 3.95. The second-order valence-electron chi connectivity index (χ2n) is 6.37. The molecule has 5 heteroatoms. The van der Waals surface area contributed by atoms with E-state index in [2.05, 4.69) is 53.6 Å². The van der Waals surface area contributed by atoms with Gasteiger partial charge in [0.25, 0.3) is 0 Å². The number of guanidine groups is 1. The fourth-order valence-electron chi connectivity index (χ4n) is 2.64. The van der Waals surface area contributed by atoms with Crippen LogP contribution >= 0.6 is 11.3 Å². The van der Waals surface area contributed by atoms with Crippen molar-refractivity contribution in [2.24, 2.45) is 10.9 Å². The van der Waals surface area contributed by atoms with Gasteiger partial charge in [-0.25, -0.2) is 0 Å². The minimum atomic E-state index is 0.113. The summed E-state index contributed by atoms with van der Waals surface area (Å²) in [6, 6.07) is 4.32. The maximum Gasteiger partial charge on any atom is 0.193 e. The number of thiophene rings is 1. The lowest BCUT2D eigenvalue weighted by Gasteiger charge is -2.29. The summed E-state index contributed by atoms with van der Waals surface area (Å²) >= 11 is 1.81. The summed E-state index contributed by atoms with van der Waals surface area (Å²) in [6.07, 6.45) is 1.15. The maximum atomic E-state index is 5.45. The Morgan fingerprint density at radius 2 is 2.38 bits per heavy atom. The first-order chi connectivity index (χ1) is 10.0. The van der Waals surface area contributed by atoms with Crippen LogP contribution in [-0.2, 0) is 10.2 Å². The second kappa shape index (κ2) is 7.27. The van der Waals surface area contributed by atoms with E-state index in [-0.39, 0.29) is 5.41 Å². The van der Waals surface area contributed by atoms with Gasteiger partial charge in [0.1, 0.15) is 0 Å². The molecule has 0 amide bonds. The number of rotatable bonds is 5. The van der Waals surface area contributed by atoms with Crippen molar-refractivity contribution in [3.8, 4) is 0 Å². The molecule has 1 N–H and O–H groups in total. The van der Waals surface area contributed by atoms with Gasteiger partial charge in [-0.05, 0) is 17.9 Å². The number of ether oxygens (including phenoxy) is 1. The predicted octanol–water partition coefficient (Wildman–Crippen LogP) is 2.57. The minimum absolute atomic E-state index is 0.113. The van der Waals surface area contributed by atoms with Crippen LogP contribution in [0.15, 0.2) is 22.5 Å². The van der Waals surface area contributed by atoms with Gasteiger partial charge in [0.2, 0.25) is 0 Å². The van der Waals surface area contributed by atoms with Gasteiger partial charge in [-0.2, -0.15) is 0 Å². The van der Waals surface area contributed by atoms with E-state index in [0.717, 1.165) is 38.7 Å². The Kier molecular flexibility index (Phi) is 5.65. The highest BCUT2D eigenvalue weighted by atomic mass is 32.1. The van der Waals surface area contributed by atoms with Crippen LogP contribution in [0.25, 0.3) is 0 Å². The molecule has 0 bridgehead atoms. The first-order valence-electron chi connectivity index (χ1n) is 7.56. The molecule has 2 rings (SSSR count). The van der Waals surface area contributed by atoms with Gasteiger partial charge in [-0.15, -0.1) is 11.3 Å². The molecule has 1 unspecified atom stereocenters. The van der Waals surface area contributed by atoms with Gasteiger partial charge in [-0.3, -0.25) is 4.99 Å². The summed E-state index contributed by atoms with van der Waals surface area (Å²) < 4.78 is 5.45. The van der Waals surface area contributed by atoms with Gasteiger partial charge in [0.05, 0.1) is 6.61 Å². The zero-order chi connectivity index (χ0) is 15.3. The molecule has 0 aliphatic carbocycles. The average molecular weight is 309 g/mol. The molecular formula is C16H27N3OS. The van der Waals surface area contributed by atoms with E-state index < -0.39 is 0 Å². The third kappa shape index (κ3) is 4.45. The molecule has 0 spiro atoms. The molecule has 21 heavy (non-hydrogen) atoms. The van der Waals surface area contributed by atoms with Gasteiger partial charge >= 0.3 is 0 Å². The van der Waals surface area contributed by atoms with Gasteiger partial charge in [0, 0.05) is 50.0 Å². The number of hydrogen-bond acceptors (Lipinski definition) is 3. The zero-order valence-corrected chi connectivity index (χ0v) is 14.4. The highest BCUT2D eigenvalue weighted by Crippen LogP contribution is 2.26. The van der Waals surface area contributed by atoms with E-state index >= 15 is 0 Å². The molecule has 1 aliphatic heterocycles. The molecule has 1 aromatic rings. The number of aliphatic imine (C=N–C) groups is 1. The van der Waals surface area contributed by atoms with E-state index in [1.807, 2.05) is 18.4 Å². The van der Waals surface area contributed by atoms with Crippen LogP contribution < -0.4 is 5.32 Å². The van der Waals surface area contributed by atoms with E-state index in [0.29, 0.717) is 5.92 Å². The third-order valence-electron chi connectivity index (χ3n) is 4.01. The van der Waals surface area contributed by atoms with Crippen molar-refractivity contribution in [1.29, 1.82) is 0 Å². The Balaban J connectivity index is 1.87. The SMILES string of the molecule is CN=C(NCC(C)(C)c1cccs1)N(C)CC1CCOC1. The van der Waals surface area contributed by atoms with Crippen LogP contribution in [0.2, 0.25) is 0 Å². The lowest BCUT2D eigenvalue weighted by molar-refractivity contribution is 0.181. The van der Waals surface area contributed by atoms with Crippen molar-refractivity contribution in [1.82, 2.24) is 10.2 Å². The largest absolute Gasteiger partial charge is 0.381 e. The van der Waals surface area contributed by atoms with Crippen molar-refractivity contribution < 1.29 is 4.74 Å². The zero-order valence-electron chi connectivity index (χ0n) is 13.6.